The van der Waals surface area contributed by atoms with Crippen molar-refractivity contribution in [2.75, 3.05) is 60.4 Å². The lowest BCUT2D eigenvalue weighted by atomic mass is 9.73. The molecule has 10 nitrogen and oxygen atoms in total. The van der Waals surface area contributed by atoms with Gasteiger partial charge in [-0.05, 0) is 84.8 Å². The Morgan fingerprint density at radius 2 is 1.69 bits per heavy atom. The number of carbonyl (C=O) groups excluding carboxylic acids is 3. The number of methoxy groups -OCH3 is 1. The molecule has 8 rings (SSSR count). The van der Waals surface area contributed by atoms with Crippen molar-refractivity contribution >= 4 is 63.3 Å². The quantitative estimate of drug-likeness (QED) is 0.178. The molecule has 3 aliphatic heterocycles. The van der Waals surface area contributed by atoms with Crippen LogP contribution in [-0.2, 0) is 11.2 Å². The molecule has 0 radical (unpaired) electrons. The Labute approximate surface area is 306 Å². The van der Waals surface area contributed by atoms with Crippen molar-refractivity contribution in [1.29, 1.82) is 0 Å². The molecule has 0 atom stereocenters. The van der Waals surface area contributed by atoms with Gasteiger partial charge in [-0.1, -0.05) is 6.07 Å². The molecular formula is C38H33F2N5O5S2. The zero-order chi connectivity index (χ0) is 36.0. The van der Waals surface area contributed by atoms with E-state index in [1.54, 1.807) is 47.5 Å². The van der Waals surface area contributed by atoms with E-state index in [1.165, 1.54) is 35.8 Å². The van der Waals surface area contributed by atoms with Gasteiger partial charge in [0.1, 0.15) is 28.9 Å². The van der Waals surface area contributed by atoms with Gasteiger partial charge >= 0.3 is 0 Å². The molecule has 1 spiro atoms. The fraction of sp³-hybridized carbons (Fsp3) is 0.263. The number of nitrogens with zero attached hydrogens (tertiary/aromatic N) is 3. The van der Waals surface area contributed by atoms with Crippen molar-refractivity contribution in [2.45, 2.75) is 19.3 Å². The number of nitrogens with one attached hydrogen (secondary N) is 2. The van der Waals surface area contributed by atoms with Gasteiger partial charge in [-0.2, -0.15) is 0 Å². The van der Waals surface area contributed by atoms with Crippen LogP contribution in [0.5, 0.6) is 5.75 Å². The molecule has 3 aliphatic rings. The van der Waals surface area contributed by atoms with E-state index in [0.717, 1.165) is 66.6 Å². The number of pyridine rings is 1. The third kappa shape index (κ3) is 6.31. The van der Waals surface area contributed by atoms with Gasteiger partial charge in [0.15, 0.2) is 0 Å². The lowest BCUT2D eigenvalue weighted by Crippen LogP contribution is -2.59. The molecule has 5 aromatic rings. The van der Waals surface area contributed by atoms with Gasteiger partial charge in [-0.3, -0.25) is 14.4 Å². The van der Waals surface area contributed by atoms with Gasteiger partial charge in [0.2, 0.25) is 0 Å². The van der Waals surface area contributed by atoms with E-state index in [4.69, 9.17) is 9.47 Å². The van der Waals surface area contributed by atoms with Crippen LogP contribution in [0.1, 0.15) is 48.8 Å². The van der Waals surface area contributed by atoms with Crippen LogP contribution in [0, 0.1) is 17.0 Å². The van der Waals surface area contributed by atoms with E-state index in [1.807, 2.05) is 11.4 Å². The van der Waals surface area contributed by atoms with Gasteiger partial charge in [0, 0.05) is 49.5 Å². The van der Waals surface area contributed by atoms with Crippen molar-refractivity contribution in [3.8, 4) is 15.5 Å². The van der Waals surface area contributed by atoms with Crippen molar-refractivity contribution in [3.63, 3.8) is 0 Å². The van der Waals surface area contributed by atoms with Crippen LogP contribution in [0.4, 0.5) is 31.7 Å². The summed E-state index contributed by atoms with van der Waals surface area (Å²) in [7, 11) is 1.53. The molecule has 3 aromatic heterocycles. The fourth-order valence-electron chi connectivity index (χ4n) is 7.01. The van der Waals surface area contributed by atoms with Crippen molar-refractivity contribution in [1.82, 2.24) is 4.98 Å². The molecule has 0 bridgehead atoms. The third-order valence-electron chi connectivity index (χ3n) is 9.84. The van der Waals surface area contributed by atoms with Gasteiger partial charge in [-0.15, -0.1) is 22.7 Å². The van der Waals surface area contributed by atoms with Crippen LogP contribution in [-0.4, -0.2) is 62.7 Å². The summed E-state index contributed by atoms with van der Waals surface area (Å²) < 4.78 is 39.3. The highest BCUT2D eigenvalue weighted by Gasteiger charge is 2.45. The molecule has 0 aliphatic carbocycles. The second-order valence-corrected chi connectivity index (χ2v) is 15.1. The highest BCUT2D eigenvalue weighted by Crippen LogP contribution is 2.46. The Hall–Kier alpha value is -5.18. The molecule has 3 amide bonds. The molecule has 0 unspecified atom stereocenters. The Bertz CT molecular complexity index is 2170. The Morgan fingerprint density at radius 1 is 0.942 bits per heavy atom. The smallest absolute Gasteiger partial charge is 0.265 e. The maximum Gasteiger partial charge on any atom is 0.265 e. The highest BCUT2D eigenvalue weighted by atomic mass is 32.1. The fourth-order valence-corrected chi connectivity index (χ4v) is 9.21. The van der Waals surface area contributed by atoms with Crippen LogP contribution in [0.3, 0.4) is 0 Å². The number of amides is 3. The number of para-hydroxylation sites is 1. The number of anilines is 4. The van der Waals surface area contributed by atoms with Gasteiger partial charge in [-0.25, -0.2) is 13.8 Å². The van der Waals surface area contributed by atoms with Gasteiger partial charge < -0.3 is 29.9 Å². The van der Waals surface area contributed by atoms with E-state index < -0.39 is 23.2 Å². The Morgan fingerprint density at radius 3 is 2.42 bits per heavy atom. The van der Waals surface area contributed by atoms with Crippen LogP contribution in [0.25, 0.3) is 9.75 Å². The predicted molar refractivity (Wildman–Crippen MR) is 197 cm³/mol. The first-order chi connectivity index (χ1) is 25.2. The van der Waals surface area contributed by atoms with Crippen molar-refractivity contribution in [2.24, 2.45) is 5.41 Å². The minimum Gasteiger partial charge on any atom is -0.495 e. The second-order valence-electron chi connectivity index (χ2n) is 13.1. The molecule has 6 heterocycles. The summed E-state index contributed by atoms with van der Waals surface area (Å²) in [5.41, 5.74) is 2.66. The first-order valence-corrected chi connectivity index (χ1v) is 18.5. The monoisotopic (exact) mass is 741 g/mol. The maximum absolute atomic E-state index is 14.2. The third-order valence-corrected chi connectivity index (χ3v) is 12.1. The van der Waals surface area contributed by atoms with Crippen LogP contribution in [0.2, 0.25) is 0 Å². The van der Waals surface area contributed by atoms with E-state index in [2.05, 4.69) is 20.5 Å². The molecule has 2 aromatic carbocycles. The summed E-state index contributed by atoms with van der Waals surface area (Å²) in [6.07, 6.45) is 4.08. The van der Waals surface area contributed by atoms with E-state index in [0.29, 0.717) is 51.9 Å². The van der Waals surface area contributed by atoms with E-state index in [-0.39, 0.29) is 17.2 Å². The summed E-state index contributed by atoms with van der Waals surface area (Å²) >= 11 is 2.67. The molecule has 2 N–H and O–H groups in total. The zero-order valence-electron chi connectivity index (χ0n) is 28.0. The molecule has 2 saturated heterocycles. The van der Waals surface area contributed by atoms with Crippen molar-refractivity contribution in [3.05, 3.63) is 105 Å². The maximum atomic E-state index is 14.2. The lowest BCUT2D eigenvalue weighted by molar-refractivity contribution is -0.000513. The minimum absolute atomic E-state index is 0.199. The van der Waals surface area contributed by atoms with Crippen molar-refractivity contribution < 1.29 is 32.6 Å². The van der Waals surface area contributed by atoms with E-state index in [9.17, 15) is 23.2 Å². The second kappa shape index (κ2) is 13.7. The molecule has 266 valence electrons. The van der Waals surface area contributed by atoms with Gasteiger partial charge in [0.25, 0.3) is 17.7 Å². The number of rotatable bonds is 7. The van der Waals surface area contributed by atoms with Crippen LogP contribution < -0.4 is 25.2 Å². The molecular weight excluding hydrogens is 709 g/mol. The normalized spacial score (nSPS) is 16.0. The predicted octanol–water partition coefficient (Wildman–Crippen LogP) is 7.48. The van der Waals surface area contributed by atoms with Crippen LogP contribution >= 0.6 is 22.7 Å². The lowest BCUT2D eigenvalue weighted by Gasteiger charge is -2.53. The number of aromatic nitrogens is 1. The first-order valence-electron chi connectivity index (χ1n) is 16.8. The first kappa shape index (κ1) is 33.9. The van der Waals surface area contributed by atoms with Gasteiger partial charge in [0.05, 0.1) is 39.2 Å². The Kier molecular flexibility index (Phi) is 8.97. The number of halogens is 2. The number of thiophene rings is 2. The number of carbonyl (C=O) groups is 3. The summed E-state index contributed by atoms with van der Waals surface area (Å²) in [5.74, 6) is -1.77. The Balaban J connectivity index is 0.965. The number of benzene rings is 2. The molecule has 14 heteroatoms. The molecule has 2 fully saturated rings. The largest absolute Gasteiger partial charge is 0.495 e. The summed E-state index contributed by atoms with van der Waals surface area (Å²) in [6.45, 7) is 3.49. The average molecular weight is 742 g/mol. The summed E-state index contributed by atoms with van der Waals surface area (Å²) in [5, 5.41) is 7.21. The topological polar surface area (TPSA) is 113 Å². The number of ether oxygens (including phenoxy) is 2. The van der Waals surface area contributed by atoms with E-state index >= 15 is 0 Å². The standard InChI is InChI=1S/C38H33F2N5O5S2/c1-49-25-18-26(34(41-19-25)44-20-38(21-44)11-14-50-15-12-38)35(46)42-24-7-5-22(6-8-24)37(48)45-13-9-23-17-30(52-32(23)33-29(45)10-16-51-33)36(47)43-31-27(39)3-2-4-28(31)40/h2-8,10,16-19H,9,11-15,20-21H2,1H3,(H,42,46)(H,43,47). The minimum atomic E-state index is -0.856. The average Bonchev–Trinajstić information content (AvgIpc) is 3.77. The number of hydrogen-bond acceptors (Lipinski definition) is 9. The number of fused-ring (bicyclic) bond motifs is 3. The molecule has 0 saturated carbocycles. The van der Waals surface area contributed by atoms with Crippen LogP contribution in [0.15, 0.2) is 72.2 Å². The number of hydrogen-bond donors (Lipinski definition) is 2. The summed E-state index contributed by atoms with van der Waals surface area (Å²) in [6, 6.07) is 15.5. The zero-order valence-corrected chi connectivity index (χ0v) is 29.7. The molecule has 52 heavy (non-hydrogen) atoms. The summed E-state index contributed by atoms with van der Waals surface area (Å²) in [4.78, 5) is 51.0. The highest BCUT2D eigenvalue weighted by molar-refractivity contribution is 7.23. The SMILES string of the molecule is COc1cnc(N2CC3(CCOCC3)C2)c(C(=O)Nc2ccc(C(=O)N3CCc4cc(C(=O)Nc5c(F)cccc5F)sc4-c4sccc43)cc2)c1.